The SMILES string of the molecule is CCn1nc(C)cc1NC(=O)Nc1cccc(C)c1. The van der Waals surface area contributed by atoms with E-state index in [9.17, 15) is 4.79 Å². The fraction of sp³-hybridized carbons (Fsp3) is 0.286. The van der Waals surface area contributed by atoms with E-state index in [1.807, 2.05) is 51.1 Å². The molecule has 1 aromatic carbocycles. The molecule has 2 N–H and O–H groups in total. The smallest absolute Gasteiger partial charge is 0.308 e. The standard InChI is InChI=1S/C14H18N4O/c1-4-18-13(9-11(3)17-18)16-14(19)15-12-7-5-6-10(2)8-12/h5-9H,4H2,1-3H3,(H2,15,16,19). The predicted octanol–water partition coefficient (Wildman–Crippen LogP) is 3.16. The third-order valence-electron chi connectivity index (χ3n) is 2.72. The molecule has 19 heavy (non-hydrogen) atoms. The van der Waals surface area contributed by atoms with Crippen LogP contribution >= 0.6 is 0 Å². The molecule has 1 heterocycles. The van der Waals surface area contributed by atoms with Crippen molar-refractivity contribution >= 4 is 17.5 Å². The Bertz CT molecular complexity index is 589. The summed E-state index contributed by atoms with van der Waals surface area (Å²) in [5.74, 6) is 0.699. The summed E-state index contributed by atoms with van der Waals surface area (Å²) in [4.78, 5) is 11.9. The lowest BCUT2D eigenvalue weighted by Crippen LogP contribution is -2.21. The number of anilines is 2. The van der Waals surface area contributed by atoms with E-state index in [0.29, 0.717) is 12.4 Å². The lowest BCUT2D eigenvalue weighted by Gasteiger charge is -2.09. The van der Waals surface area contributed by atoms with Crippen LogP contribution in [0.25, 0.3) is 0 Å². The minimum Gasteiger partial charge on any atom is -0.308 e. The van der Waals surface area contributed by atoms with Crippen molar-refractivity contribution in [1.82, 2.24) is 9.78 Å². The molecule has 0 aliphatic heterocycles. The number of carbonyl (C=O) groups is 1. The van der Waals surface area contributed by atoms with E-state index in [2.05, 4.69) is 15.7 Å². The van der Waals surface area contributed by atoms with Crippen molar-refractivity contribution in [3.8, 4) is 0 Å². The van der Waals surface area contributed by atoms with Gasteiger partial charge in [0.05, 0.1) is 5.69 Å². The van der Waals surface area contributed by atoms with Gasteiger partial charge in [0.2, 0.25) is 0 Å². The minimum absolute atomic E-state index is 0.264. The molecule has 1 aromatic heterocycles. The molecule has 2 aromatic rings. The van der Waals surface area contributed by atoms with Gasteiger partial charge in [-0.15, -0.1) is 0 Å². The Labute approximate surface area is 112 Å². The molecule has 5 heteroatoms. The summed E-state index contributed by atoms with van der Waals surface area (Å²) in [6, 6.07) is 9.25. The molecule has 0 unspecified atom stereocenters. The van der Waals surface area contributed by atoms with Crippen LogP contribution in [0.5, 0.6) is 0 Å². The molecule has 5 nitrogen and oxygen atoms in total. The van der Waals surface area contributed by atoms with Crippen LogP contribution in [0.3, 0.4) is 0 Å². The van der Waals surface area contributed by atoms with Crippen LogP contribution in [0, 0.1) is 13.8 Å². The molecule has 0 radical (unpaired) electrons. The van der Waals surface area contributed by atoms with E-state index in [1.165, 1.54) is 0 Å². The number of amides is 2. The van der Waals surface area contributed by atoms with Crippen molar-refractivity contribution < 1.29 is 4.79 Å². The maximum atomic E-state index is 11.9. The summed E-state index contributed by atoms with van der Waals surface area (Å²) in [6.07, 6.45) is 0. The first-order valence-corrected chi connectivity index (χ1v) is 6.27. The molecule has 0 saturated carbocycles. The molecule has 0 spiro atoms. The molecule has 0 saturated heterocycles. The second-order valence-corrected chi connectivity index (χ2v) is 4.44. The fourth-order valence-electron chi connectivity index (χ4n) is 1.89. The molecule has 2 amide bonds. The van der Waals surface area contributed by atoms with Gasteiger partial charge < -0.3 is 5.32 Å². The molecule has 0 aliphatic rings. The lowest BCUT2D eigenvalue weighted by atomic mass is 10.2. The van der Waals surface area contributed by atoms with E-state index in [0.717, 1.165) is 16.9 Å². The average molecular weight is 258 g/mol. The molecule has 0 bridgehead atoms. The van der Waals surface area contributed by atoms with Gasteiger partial charge in [-0.25, -0.2) is 9.48 Å². The quantitative estimate of drug-likeness (QED) is 0.888. The normalized spacial score (nSPS) is 10.3. The number of aryl methyl sites for hydroxylation is 3. The summed E-state index contributed by atoms with van der Waals surface area (Å²) in [5, 5.41) is 9.88. The second kappa shape index (κ2) is 5.56. The average Bonchev–Trinajstić information content (AvgIpc) is 2.69. The number of nitrogens with one attached hydrogen (secondary N) is 2. The maximum Gasteiger partial charge on any atom is 0.324 e. The molecule has 2 rings (SSSR count). The number of carbonyl (C=O) groups excluding carboxylic acids is 1. The van der Waals surface area contributed by atoms with Crippen LogP contribution in [0.1, 0.15) is 18.2 Å². The third kappa shape index (κ3) is 3.34. The maximum absolute atomic E-state index is 11.9. The van der Waals surface area contributed by atoms with Crippen LogP contribution in [0.2, 0.25) is 0 Å². The van der Waals surface area contributed by atoms with Gasteiger partial charge in [0, 0.05) is 18.3 Å². The molecule has 0 aliphatic carbocycles. The topological polar surface area (TPSA) is 59.0 Å². The largest absolute Gasteiger partial charge is 0.324 e. The Morgan fingerprint density at radius 2 is 2.05 bits per heavy atom. The number of urea groups is 1. The summed E-state index contributed by atoms with van der Waals surface area (Å²) >= 11 is 0. The van der Waals surface area contributed by atoms with E-state index in [-0.39, 0.29) is 6.03 Å². The number of rotatable bonds is 3. The van der Waals surface area contributed by atoms with Crippen LogP contribution in [0.15, 0.2) is 30.3 Å². The zero-order chi connectivity index (χ0) is 13.8. The van der Waals surface area contributed by atoms with Crippen LogP contribution in [0.4, 0.5) is 16.3 Å². The van der Waals surface area contributed by atoms with Crippen molar-refractivity contribution in [2.45, 2.75) is 27.3 Å². The fourth-order valence-corrected chi connectivity index (χ4v) is 1.89. The van der Waals surface area contributed by atoms with Gasteiger partial charge in [-0.05, 0) is 38.5 Å². The highest BCUT2D eigenvalue weighted by Crippen LogP contribution is 2.12. The van der Waals surface area contributed by atoms with Gasteiger partial charge in [0.25, 0.3) is 0 Å². The Balaban J connectivity index is 2.05. The minimum atomic E-state index is -0.264. The van der Waals surface area contributed by atoms with Crippen molar-refractivity contribution in [2.75, 3.05) is 10.6 Å². The van der Waals surface area contributed by atoms with E-state index < -0.39 is 0 Å². The molecule has 0 atom stereocenters. The number of hydrogen-bond donors (Lipinski definition) is 2. The summed E-state index contributed by atoms with van der Waals surface area (Å²) in [7, 11) is 0. The van der Waals surface area contributed by atoms with Crippen molar-refractivity contribution in [3.63, 3.8) is 0 Å². The molecular weight excluding hydrogens is 240 g/mol. The van der Waals surface area contributed by atoms with E-state index >= 15 is 0 Å². The van der Waals surface area contributed by atoms with Crippen molar-refractivity contribution in [3.05, 3.63) is 41.6 Å². The van der Waals surface area contributed by atoms with Gasteiger partial charge in [-0.2, -0.15) is 5.10 Å². The van der Waals surface area contributed by atoms with E-state index in [4.69, 9.17) is 0 Å². The first-order valence-electron chi connectivity index (χ1n) is 6.27. The number of nitrogens with zero attached hydrogens (tertiary/aromatic N) is 2. The van der Waals surface area contributed by atoms with Gasteiger partial charge in [0.1, 0.15) is 5.82 Å². The molecule has 0 fully saturated rings. The highest BCUT2D eigenvalue weighted by molar-refractivity contribution is 5.99. The van der Waals surface area contributed by atoms with Crippen LogP contribution < -0.4 is 10.6 Å². The van der Waals surface area contributed by atoms with Gasteiger partial charge in [-0.3, -0.25) is 5.32 Å². The Hall–Kier alpha value is -2.30. The third-order valence-corrected chi connectivity index (χ3v) is 2.72. The summed E-state index contributed by atoms with van der Waals surface area (Å²) < 4.78 is 1.76. The molecular formula is C14H18N4O. The lowest BCUT2D eigenvalue weighted by molar-refractivity contribution is 0.262. The Morgan fingerprint density at radius 1 is 1.26 bits per heavy atom. The van der Waals surface area contributed by atoms with Gasteiger partial charge in [-0.1, -0.05) is 12.1 Å². The Morgan fingerprint density at radius 3 is 2.74 bits per heavy atom. The second-order valence-electron chi connectivity index (χ2n) is 4.44. The van der Waals surface area contributed by atoms with E-state index in [1.54, 1.807) is 4.68 Å². The summed E-state index contributed by atoms with van der Waals surface area (Å²) in [5.41, 5.74) is 2.76. The monoisotopic (exact) mass is 258 g/mol. The highest BCUT2D eigenvalue weighted by atomic mass is 16.2. The zero-order valence-electron chi connectivity index (χ0n) is 11.4. The van der Waals surface area contributed by atoms with Crippen LogP contribution in [-0.2, 0) is 6.54 Å². The first-order chi connectivity index (χ1) is 9.08. The highest BCUT2D eigenvalue weighted by Gasteiger charge is 2.08. The predicted molar refractivity (Wildman–Crippen MR) is 76.5 cm³/mol. The first kappa shape index (κ1) is 13.1. The summed E-state index contributed by atoms with van der Waals surface area (Å²) in [6.45, 7) is 6.58. The zero-order valence-corrected chi connectivity index (χ0v) is 11.4. The van der Waals surface area contributed by atoms with Gasteiger partial charge in [0.15, 0.2) is 0 Å². The van der Waals surface area contributed by atoms with Gasteiger partial charge >= 0.3 is 6.03 Å². The van der Waals surface area contributed by atoms with Crippen molar-refractivity contribution in [2.24, 2.45) is 0 Å². The number of aromatic nitrogens is 2. The number of benzene rings is 1. The van der Waals surface area contributed by atoms with Crippen molar-refractivity contribution in [1.29, 1.82) is 0 Å². The Kier molecular flexibility index (Phi) is 3.85. The molecule has 100 valence electrons. The van der Waals surface area contributed by atoms with Crippen LogP contribution in [-0.4, -0.2) is 15.8 Å². The number of hydrogen-bond acceptors (Lipinski definition) is 2.